The molecule has 0 bridgehead atoms. The van der Waals surface area contributed by atoms with E-state index in [1.165, 1.54) is 34.6 Å². The van der Waals surface area contributed by atoms with Crippen LogP contribution in [0.25, 0.3) is 0 Å². The summed E-state index contributed by atoms with van der Waals surface area (Å²) in [6.45, 7) is 7.68. The van der Waals surface area contributed by atoms with Crippen LogP contribution in [0.1, 0.15) is 30.9 Å². The van der Waals surface area contributed by atoms with Crippen molar-refractivity contribution in [3.05, 3.63) is 29.3 Å². The Morgan fingerprint density at radius 1 is 1.35 bits per heavy atom. The third-order valence-corrected chi connectivity index (χ3v) is 4.70. The van der Waals surface area contributed by atoms with Gasteiger partial charge in [0.2, 0.25) is 0 Å². The topological polar surface area (TPSA) is 12.0 Å². The number of hydrogen-bond acceptors (Lipinski definition) is 2. The van der Waals surface area contributed by atoms with E-state index in [4.69, 9.17) is 0 Å². The minimum absolute atomic E-state index is 0.713. The Bertz CT molecular complexity index is 371. The first-order chi connectivity index (χ1) is 8.20. The van der Waals surface area contributed by atoms with Crippen molar-refractivity contribution in [2.75, 3.05) is 12.3 Å². The Labute approximate surface area is 109 Å². The van der Waals surface area contributed by atoms with E-state index in [2.05, 4.69) is 44.3 Å². The van der Waals surface area contributed by atoms with Gasteiger partial charge in [-0.15, -0.1) is 11.8 Å². The van der Waals surface area contributed by atoms with Gasteiger partial charge in [0.15, 0.2) is 0 Å². The molecule has 2 rings (SSSR count). The molecule has 0 aromatic heterocycles. The molecule has 1 atom stereocenters. The standard InChI is InChI=1S/C15H23NS/c1-4-16-14(13-7-8-13)10-17-15-9-11(2)5-6-12(15)3/h5-6,9,13-14,16H,4,7-8,10H2,1-3H3. The third kappa shape index (κ3) is 3.75. The molecule has 0 saturated heterocycles. The second-order valence-corrected chi connectivity index (χ2v) is 6.14. The van der Waals surface area contributed by atoms with Crippen molar-refractivity contribution in [3.8, 4) is 0 Å². The molecular weight excluding hydrogens is 226 g/mol. The molecule has 1 aliphatic carbocycles. The summed E-state index contributed by atoms with van der Waals surface area (Å²) in [5.41, 5.74) is 2.77. The minimum atomic E-state index is 0.713. The zero-order valence-corrected chi connectivity index (χ0v) is 11.9. The van der Waals surface area contributed by atoms with Crippen LogP contribution < -0.4 is 5.32 Å². The van der Waals surface area contributed by atoms with E-state index in [-0.39, 0.29) is 0 Å². The molecular formula is C15H23NS. The Balaban J connectivity index is 1.93. The van der Waals surface area contributed by atoms with Crippen molar-refractivity contribution in [2.45, 2.75) is 44.6 Å². The van der Waals surface area contributed by atoms with Crippen molar-refractivity contribution >= 4 is 11.8 Å². The predicted molar refractivity (Wildman–Crippen MR) is 76.8 cm³/mol. The first-order valence-corrected chi connectivity index (χ1v) is 7.62. The molecule has 0 spiro atoms. The van der Waals surface area contributed by atoms with E-state index < -0.39 is 0 Å². The first-order valence-electron chi connectivity index (χ1n) is 6.64. The van der Waals surface area contributed by atoms with Crippen molar-refractivity contribution in [2.24, 2.45) is 5.92 Å². The molecule has 2 heteroatoms. The zero-order valence-electron chi connectivity index (χ0n) is 11.1. The average molecular weight is 249 g/mol. The van der Waals surface area contributed by atoms with Crippen LogP contribution in [0.15, 0.2) is 23.1 Å². The van der Waals surface area contributed by atoms with E-state index in [0.717, 1.165) is 12.5 Å². The van der Waals surface area contributed by atoms with Gasteiger partial charge in [0, 0.05) is 16.7 Å². The third-order valence-electron chi connectivity index (χ3n) is 3.42. The molecule has 1 aliphatic rings. The summed E-state index contributed by atoms with van der Waals surface area (Å²) in [7, 11) is 0. The summed E-state index contributed by atoms with van der Waals surface area (Å²) in [5.74, 6) is 2.15. The fourth-order valence-electron chi connectivity index (χ4n) is 2.16. The molecule has 1 aromatic carbocycles. The van der Waals surface area contributed by atoms with Crippen molar-refractivity contribution < 1.29 is 0 Å². The van der Waals surface area contributed by atoms with Gasteiger partial charge in [-0.2, -0.15) is 0 Å². The molecule has 1 nitrogen and oxygen atoms in total. The van der Waals surface area contributed by atoms with Gasteiger partial charge in [-0.3, -0.25) is 0 Å². The average Bonchev–Trinajstić information content (AvgIpc) is 3.12. The number of thioether (sulfide) groups is 1. The lowest BCUT2D eigenvalue weighted by Gasteiger charge is -2.17. The van der Waals surface area contributed by atoms with Crippen molar-refractivity contribution in [3.63, 3.8) is 0 Å². The van der Waals surface area contributed by atoms with Crippen LogP contribution in [0, 0.1) is 19.8 Å². The summed E-state index contributed by atoms with van der Waals surface area (Å²) >= 11 is 2.02. The number of nitrogens with one attached hydrogen (secondary N) is 1. The lowest BCUT2D eigenvalue weighted by Crippen LogP contribution is -2.33. The molecule has 1 aromatic rings. The van der Waals surface area contributed by atoms with Crippen LogP contribution in [-0.2, 0) is 0 Å². The van der Waals surface area contributed by atoms with E-state index in [1.807, 2.05) is 11.8 Å². The first kappa shape index (κ1) is 13.0. The maximum atomic E-state index is 3.63. The van der Waals surface area contributed by atoms with Gasteiger partial charge in [0.25, 0.3) is 0 Å². The quantitative estimate of drug-likeness (QED) is 0.770. The summed E-state index contributed by atoms with van der Waals surface area (Å²) in [5, 5.41) is 3.63. The van der Waals surface area contributed by atoms with Crippen molar-refractivity contribution in [1.29, 1.82) is 0 Å². The van der Waals surface area contributed by atoms with Crippen LogP contribution in [-0.4, -0.2) is 18.3 Å². The molecule has 1 N–H and O–H groups in total. The fourth-order valence-corrected chi connectivity index (χ4v) is 3.48. The lowest BCUT2D eigenvalue weighted by molar-refractivity contribution is 0.519. The zero-order chi connectivity index (χ0) is 12.3. The number of rotatable bonds is 6. The van der Waals surface area contributed by atoms with Gasteiger partial charge >= 0.3 is 0 Å². The van der Waals surface area contributed by atoms with Gasteiger partial charge in [0.1, 0.15) is 0 Å². The summed E-state index contributed by atoms with van der Waals surface area (Å²) in [6.07, 6.45) is 2.84. The smallest absolute Gasteiger partial charge is 0.0189 e. The highest BCUT2D eigenvalue weighted by Gasteiger charge is 2.30. The van der Waals surface area contributed by atoms with Crippen LogP contribution in [0.3, 0.4) is 0 Å². The second kappa shape index (κ2) is 5.92. The molecule has 94 valence electrons. The van der Waals surface area contributed by atoms with E-state index in [1.54, 1.807) is 0 Å². The van der Waals surface area contributed by atoms with Crippen LogP contribution in [0.2, 0.25) is 0 Å². The molecule has 0 amide bonds. The lowest BCUT2D eigenvalue weighted by atomic mass is 10.2. The molecule has 0 radical (unpaired) electrons. The molecule has 0 heterocycles. The van der Waals surface area contributed by atoms with Gasteiger partial charge in [-0.25, -0.2) is 0 Å². The highest BCUT2D eigenvalue weighted by atomic mass is 32.2. The Hall–Kier alpha value is -0.470. The monoisotopic (exact) mass is 249 g/mol. The minimum Gasteiger partial charge on any atom is -0.313 e. The maximum Gasteiger partial charge on any atom is 0.0189 e. The van der Waals surface area contributed by atoms with Gasteiger partial charge in [0.05, 0.1) is 0 Å². The van der Waals surface area contributed by atoms with Crippen LogP contribution in [0.4, 0.5) is 0 Å². The molecule has 1 fully saturated rings. The summed E-state index contributed by atoms with van der Waals surface area (Å²) in [4.78, 5) is 1.45. The van der Waals surface area contributed by atoms with Crippen molar-refractivity contribution in [1.82, 2.24) is 5.32 Å². The largest absolute Gasteiger partial charge is 0.313 e. The van der Waals surface area contributed by atoms with E-state index in [9.17, 15) is 0 Å². The predicted octanol–water partition coefficient (Wildman–Crippen LogP) is 3.78. The Morgan fingerprint density at radius 3 is 2.76 bits per heavy atom. The highest BCUT2D eigenvalue weighted by Crippen LogP contribution is 2.35. The highest BCUT2D eigenvalue weighted by molar-refractivity contribution is 7.99. The molecule has 1 saturated carbocycles. The molecule has 0 aliphatic heterocycles. The van der Waals surface area contributed by atoms with Gasteiger partial charge in [-0.05, 0) is 50.8 Å². The Kier molecular flexibility index (Phi) is 4.52. The Morgan fingerprint density at radius 2 is 2.12 bits per heavy atom. The maximum absolute atomic E-state index is 3.63. The number of benzene rings is 1. The number of hydrogen-bond donors (Lipinski definition) is 1. The number of aryl methyl sites for hydroxylation is 2. The van der Waals surface area contributed by atoms with E-state index >= 15 is 0 Å². The van der Waals surface area contributed by atoms with E-state index in [0.29, 0.717) is 6.04 Å². The summed E-state index contributed by atoms with van der Waals surface area (Å²) in [6, 6.07) is 7.46. The van der Waals surface area contributed by atoms with Gasteiger partial charge < -0.3 is 5.32 Å². The normalized spacial score (nSPS) is 17.1. The fraction of sp³-hybridized carbons (Fsp3) is 0.600. The van der Waals surface area contributed by atoms with Crippen LogP contribution >= 0.6 is 11.8 Å². The van der Waals surface area contributed by atoms with Gasteiger partial charge in [-0.1, -0.05) is 24.6 Å². The second-order valence-electron chi connectivity index (χ2n) is 5.08. The molecule has 1 unspecified atom stereocenters. The molecule has 17 heavy (non-hydrogen) atoms. The summed E-state index contributed by atoms with van der Waals surface area (Å²) < 4.78 is 0. The SMILES string of the molecule is CCNC(CSc1cc(C)ccc1C)C1CC1. The van der Waals surface area contributed by atoms with Crippen LogP contribution in [0.5, 0.6) is 0 Å².